The Morgan fingerprint density at radius 3 is 2.47 bits per heavy atom. The molecule has 0 bridgehead atoms. The molecule has 0 atom stereocenters. The molecule has 0 aliphatic heterocycles. The Hall–Kier alpha value is -1.24. The third kappa shape index (κ3) is 3.40. The van der Waals surface area contributed by atoms with E-state index in [1.54, 1.807) is 25.4 Å². The van der Waals surface area contributed by atoms with Crippen LogP contribution in [0, 0.1) is 0 Å². The van der Waals surface area contributed by atoms with E-state index in [4.69, 9.17) is 0 Å². The van der Waals surface area contributed by atoms with Crippen LogP contribution in [0.25, 0.3) is 0 Å². The number of sulfonamides is 1. The van der Waals surface area contributed by atoms with Gasteiger partial charge in [0.15, 0.2) is 0 Å². The Morgan fingerprint density at radius 2 is 1.89 bits per heavy atom. The van der Waals surface area contributed by atoms with Gasteiger partial charge < -0.3 is 0 Å². The van der Waals surface area contributed by atoms with Gasteiger partial charge in [-0.1, -0.05) is 28.1 Å². The maximum atomic E-state index is 12.3. The molecule has 2 aromatic rings. The van der Waals surface area contributed by atoms with Crippen LogP contribution in [-0.2, 0) is 16.6 Å². The molecule has 1 aromatic carbocycles. The first-order valence-corrected chi connectivity index (χ1v) is 7.84. The monoisotopic (exact) mass is 340 g/mol. The van der Waals surface area contributed by atoms with Crippen molar-refractivity contribution in [1.29, 1.82) is 0 Å². The minimum Gasteiger partial charge on any atom is -0.263 e. The topological polar surface area (TPSA) is 50.3 Å². The molecule has 6 heteroatoms. The molecule has 1 heterocycles. The number of pyridine rings is 1. The largest absolute Gasteiger partial charge is 0.263 e. The SMILES string of the molecule is CN(Cc1ccc(Br)cc1)S(=O)(=O)c1cccnc1. The number of halogens is 1. The summed E-state index contributed by atoms with van der Waals surface area (Å²) in [5.41, 5.74) is 0.929. The van der Waals surface area contributed by atoms with E-state index < -0.39 is 10.0 Å². The van der Waals surface area contributed by atoms with Crippen LogP contribution in [0.5, 0.6) is 0 Å². The van der Waals surface area contributed by atoms with Gasteiger partial charge >= 0.3 is 0 Å². The predicted molar refractivity (Wildman–Crippen MR) is 77.0 cm³/mol. The van der Waals surface area contributed by atoms with Gasteiger partial charge in [0.05, 0.1) is 0 Å². The number of aromatic nitrogens is 1. The van der Waals surface area contributed by atoms with E-state index in [0.29, 0.717) is 6.54 Å². The van der Waals surface area contributed by atoms with E-state index in [9.17, 15) is 8.42 Å². The molecule has 0 saturated carbocycles. The van der Waals surface area contributed by atoms with Crippen molar-refractivity contribution in [2.24, 2.45) is 0 Å². The highest BCUT2D eigenvalue weighted by atomic mass is 79.9. The number of rotatable bonds is 4. The second-order valence-corrected chi connectivity index (χ2v) is 7.04. The summed E-state index contributed by atoms with van der Waals surface area (Å²) in [5.74, 6) is 0. The number of nitrogens with zero attached hydrogens (tertiary/aromatic N) is 2. The molecular formula is C13H13BrN2O2S. The van der Waals surface area contributed by atoms with Crippen molar-refractivity contribution in [3.8, 4) is 0 Å². The second kappa shape index (κ2) is 5.81. The molecule has 0 saturated heterocycles. The Labute approximate surface area is 121 Å². The summed E-state index contributed by atoms with van der Waals surface area (Å²) in [4.78, 5) is 4.04. The maximum Gasteiger partial charge on any atom is 0.244 e. The van der Waals surface area contributed by atoms with Crippen LogP contribution in [0.2, 0.25) is 0 Å². The first kappa shape index (κ1) is 14.2. The van der Waals surface area contributed by atoms with Crippen LogP contribution in [0.4, 0.5) is 0 Å². The van der Waals surface area contributed by atoms with E-state index in [1.165, 1.54) is 10.5 Å². The average molecular weight is 341 g/mol. The maximum absolute atomic E-state index is 12.3. The highest BCUT2D eigenvalue weighted by Crippen LogP contribution is 2.17. The molecule has 0 radical (unpaired) electrons. The smallest absolute Gasteiger partial charge is 0.244 e. The summed E-state index contributed by atoms with van der Waals surface area (Å²) in [5, 5.41) is 0. The van der Waals surface area contributed by atoms with Crippen molar-refractivity contribution >= 4 is 26.0 Å². The van der Waals surface area contributed by atoms with Gasteiger partial charge in [-0.25, -0.2) is 8.42 Å². The minimum absolute atomic E-state index is 0.203. The molecule has 0 amide bonds. The molecule has 0 unspecified atom stereocenters. The lowest BCUT2D eigenvalue weighted by molar-refractivity contribution is 0.466. The molecule has 1 aromatic heterocycles. The number of hydrogen-bond acceptors (Lipinski definition) is 3. The molecule has 2 rings (SSSR count). The Morgan fingerprint density at radius 1 is 1.21 bits per heavy atom. The summed E-state index contributed by atoms with van der Waals surface area (Å²) in [6.07, 6.45) is 2.90. The fraction of sp³-hybridized carbons (Fsp3) is 0.154. The van der Waals surface area contributed by atoms with E-state index in [-0.39, 0.29) is 4.90 Å². The summed E-state index contributed by atoms with van der Waals surface area (Å²) < 4.78 is 26.8. The van der Waals surface area contributed by atoms with Crippen molar-refractivity contribution in [2.45, 2.75) is 11.4 Å². The van der Waals surface area contributed by atoms with Crippen LogP contribution < -0.4 is 0 Å². The summed E-state index contributed by atoms with van der Waals surface area (Å²) in [6.45, 7) is 0.324. The van der Waals surface area contributed by atoms with E-state index in [0.717, 1.165) is 10.0 Å². The van der Waals surface area contributed by atoms with Crippen LogP contribution in [0.1, 0.15) is 5.56 Å². The molecule has 19 heavy (non-hydrogen) atoms. The van der Waals surface area contributed by atoms with Gasteiger partial charge in [0.2, 0.25) is 10.0 Å². The lowest BCUT2D eigenvalue weighted by Gasteiger charge is -2.17. The zero-order valence-electron chi connectivity index (χ0n) is 10.3. The summed E-state index contributed by atoms with van der Waals surface area (Å²) >= 11 is 3.35. The van der Waals surface area contributed by atoms with Gasteiger partial charge in [0.25, 0.3) is 0 Å². The average Bonchev–Trinajstić information content (AvgIpc) is 2.42. The molecular weight excluding hydrogens is 328 g/mol. The normalized spacial score (nSPS) is 11.7. The van der Waals surface area contributed by atoms with Crippen molar-refractivity contribution in [1.82, 2.24) is 9.29 Å². The lowest BCUT2D eigenvalue weighted by atomic mass is 10.2. The number of hydrogen-bond donors (Lipinski definition) is 0. The third-order valence-corrected chi connectivity index (χ3v) is 4.98. The highest BCUT2D eigenvalue weighted by molar-refractivity contribution is 9.10. The third-order valence-electron chi connectivity index (χ3n) is 2.66. The van der Waals surface area contributed by atoms with Gasteiger partial charge in [-0.2, -0.15) is 4.31 Å². The summed E-state index contributed by atoms with van der Waals surface area (Å²) in [7, 11) is -1.93. The Kier molecular flexibility index (Phi) is 4.34. The Bertz CT molecular complexity index is 642. The molecule has 0 N–H and O–H groups in total. The molecule has 100 valence electrons. The summed E-state index contributed by atoms with van der Waals surface area (Å²) in [6, 6.07) is 10.7. The first-order valence-electron chi connectivity index (χ1n) is 5.61. The zero-order valence-corrected chi connectivity index (χ0v) is 12.7. The van der Waals surface area contributed by atoms with Crippen molar-refractivity contribution in [3.05, 3.63) is 58.8 Å². The molecule has 0 spiro atoms. The van der Waals surface area contributed by atoms with Gasteiger partial charge in [0, 0.05) is 30.5 Å². The van der Waals surface area contributed by atoms with Gasteiger partial charge in [-0.05, 0) is 29.8 Å². The number of benzene rings is 1. The second-order valence-electron chi connectivity index (χ2n) is 4.08. The van der Waals surface area contributed by atoms with Crippen LogP contribution in [0.15, 0.2) is 58.2 Å². The molecule has 4 nitrogen and oxygen atoms in total. The van der Waals surface area contributed by atoms with Gasteiger partial charge in [-0.3, -0.25) is 4.98 Å². The lowest BCUT2D eigenvalue weighted by Crippen LogP contribution is -2.26. The van der Waals surface area contributed by atoms with Crippen LogP contribution in [0.3, 0.4) is 0 Å². The Balaban J connectivity index is 2.20. The van der Waals surface area contributed by atoms with Crippen LogP contribution >= 0.6 is 15.9 Å². The predicted octanol–water partition coefficient (Wildman–Crippen LogP) is 2.66. The molecule has 0 aliphatic carbocycles. The van der Waals surface area contributed by atoms with Crippen molar-refractivity contribution < 1.29 is 8.42 Å². The van der Waals surface area contributed by atoms with Gasteiger partial charge in [-0.15, -0.1) is 0 Å². The highest BCUT2D eigenvalue weighted by Gasteiger charge is 2.20. The van der Waals surface area contributed by atoms with E-state index in [2.05, 4.69) is 20.9 Å². The fourth-order valence-electron chi connectivity index (χ4n) is 1.61. The van der Waals surface area contributed by atoms with Crippen LogP contribution in [-0.4, -0.2) is 24.8 Å². The van der Waals surface area contributed by atoms with Crippen molar-refractivity contribution in [3.63, 3.8) is 0 Å². The fourth-order valence-corrected chi connectivity index (χ4v) is 3.00. The van der Waals surface area contributed by atoms with Gasteiger partial charge in [0.1, 0.15) is 4.90 Å². The van der Waals surface area contributed by atoms with Crippen molar-refractivity contribution in [2.75, 3.05) is 7.05 Å². The van der Waals surface area contributed by atoms with E-state index in [1.807, 2.05) is 24.3 Å². The minimum atomic E-state index is -3.49. The zero-order chi connectivity index (χ0) is 13.9. The molecule has 0 fully saturated rings. The standard InChI is InChI=1S/C13H13BrN2O2S/c1-16(10-11-4-6-12(14)7-5-11)19(17,18)13-3-2-8-15-9-13/h2-9H,10H2,1H3. The van der Waals surface area contributed by atoms with E-state index >= 15 is 0 Å². The quantitative estimate of drug-likeness (QED) is 0.859. The molecule has 0 aliphatic rings. The first-order chi connectivity index (χ1) is 9.00.